The smallest absolute Gasteiger partial charge is 0.375 e. The highest BCUT2D eigenvalue weighted by Crippen LogP contribution is 2.46. The van der Waals surface area contributed by atoms with Crippen molar-refractivity contribution in [1.82, 2.24) is 0 Å². The summed E-state index contributed by atoms with van der Waals surface area (Å²) in [7, 11) is 0. The van der Waals surface area contributed by atoms with E-state index in [4.69, 9.17) is 10.5 Å². The van der Waals surface area contributed by atoms with E-state index >= 15 is 0 Å². The van der Waals surface area contributed by atoms with Gasteiger partial charge in [-0.05, 0) is 38.0 Å². The van der Waals surface area contributed by atoms with Crippen LogP contribution in [0.2, 0.25) is 0 Å². The molecule has 2 fully saturated rings. The Bertz CT molecular complexity index is 237. The lowest BCUT2D eigenvalue weighted by atomic mass is 9.70. The first-order valence-electron chi connectivity index (χ1n) is 5.39. The maximum atomic E-state index is 12.4. The zero-order valence-corrected chi connectivity index (χ0v) is 8.52. The topological polar surface area (TPSA) is 35.2 Å². The molecule has 0 aromatic carbocycles. The van der Waals surface area contributed by atoms with Crippen LogP contribution in [0.1, 0.15) is 32.1 Å². The summed E-state index contributed by atoms with van der Waals surface area (Å²) >= 11 is 0. The van der Waals surface area contributed by atoms with Gasteiger partial charge in [0.2, 0.25) is 0 Å². The lowest BCUT2D eigenvalue weighted by Crippen LogP contribution is -2.53. The summed E-state index contributed by atoms with van der Waals surface area (Å²) in [5.74, 6) is -0.459. The predicted molar refractivity (Wildman–Crippen MR) is 49.3 cm³/mol. The first kappa shape index (κ1) is 11.2. The molecule has 1 heterocycles. The van der Waals surface area contributed by atoms with Crippen LogP contribution in [0.5, 0.6) is 0 Å². The molecule has 0 aromatic rings. The first-order valence-corrected chi connectivity index (χ1v) is 5.39. The van der Waals surface area contributed by atoms with Gasteiger partial charge < -0.3 is 10.5 Å². The van der Waals surface area contributed by atoms with Gasteiger partial charge in [0.05, 0.1) is 5.60 Å². The van der Waals surface area contributed by atoms with E-state index < -0.39 is 18.1 Å². The zero-order valence-electron chi connectivity index (χ0n) is 8.52. The van der Waals surface area contributed by atoms with Crippen molar-refractivity contribution in [1.29, 1.82) is 0 Å². The van der Waals surface area contributed by atoms with Crippen molar-refractivity contribution in [2.75, 3.05) is 6.61 Å². The third kappa shape index (κ3) is 2.13. The molecule has 1 saturated carbocycles. The molecule has 2 N–H and O–H groups in total. The molecule has 2 aliphatic rings. The number of halogens is 3. The van der Waals surface area contributed by atoms with Crippen LogP contribution < -0.4 is 5.73 Å². The summed E-state index contributed by atoms with van der Waals surface area (Å²) < 4.78 is 42.9. The van der Waals surface area contributed by atoms with Crippen LogP contribution in [0, 0.1) is 5.92 Å². The molecule has 0 radical (unpaired) electrons. The van der Waals surface area contributed by atoms with Gasteiger partial charge in [0, 0.05) is 6.61 Å². The lowest BCUT2D eigenvalue weighted by molar-refractivity contribution is -0.191. The summed E-state index contributed by atoms with van der Waals surface area (Å²) in [5.41, 5.74) is 4.99. The van der Waals surface area contributed by atoms with Gasteiger partial charge in [-0.15, -0.1) is 0 Å². The molecule has 2 unspecified atom stereocenters. The van der Waals surface area contributed by atoms with E-state index in [1.165, 1.54) is 0 Å². The second-order valence-electron chi connectivity index (χ2n) is 4.71. The van der Waals surface area contributed by atoms with Gasteiger partial charge in [0.25, 0.3) is 0 Å². The van der Waals surface area contributed by atoms with E-state index in [2.05, 4.69) is 0 Å². The quantitative estimate of drug-likeness (QED) is 0.739. The maximum absolute atomic E-state index is 12.4. The highest BCUT2D eigenvalue weighted by molar-refractivity contribution is 4.97. The molecule has 15 heavy (non-hydrogen) atoms. The summed E-state index contributed by atoms with van der Waals surface area (Å²) in [4.78, 5) is 0. The van der Waals surface area contributed by atoms with Crippen molar-refractivity contribution in [3.8, 4) is 0 Å². The largest absolute Gasteiger partial charge is 0.403 e. The SMILES string of the molecule is NC(C1CCOC2(CCC2)C1)C(F)(F)F. The van der Waals surface area contributed by atoms with Crippen molar-refractivity contribution in [2.45, 2.75) is 49.9 Å². The second kappa shape index (κ2) is 3.63. The van der Waals surface area contributed by atoms with Crippen molar-refractivity contribution in [3.63, 3.8) is 0 Å². The van der Waals surface area contributed by atoms with Gasteiger partial charge in [0.1, 0.15) is 6.04 Å². The van der Waals surface area contributed by atoms with Gasteiger partial charge in [-0.1, -0.05) is 0 Å². The molecule has 0 amide bonds. The predicted octanol–water partition coefficient (Wildman–Crippen LogP) is 2.23. The van der Waals surface area contributed by atoms with Crippen LogP contribution >= 0.6 is 0 Å². The number of nitrogens with two attached hydrogens (primary N) is 1. The summed E-state index contributed by atoms with van der Waals surface area (Å²) in [5, 5.41) is 0. The molecule has 2 rings (SSSR count). The highest BCUT2D eigenvalue weighted by Gasteiger charge is 2.49. The fourth-order valence-electron chi connectivity index (χ4n) is 2.56. The summed E-state index contributed by atoms with van der Waals surface area (Å²) in [6, 6.07) is -1.68. The Morgan fingerprint density at radius 2 is 2.00 bits per heavy atom. The Balaban J connectivity index is 1.98. The lowest BCUT2D eigenvalue weighted by Gasteiger charge is -2.48. The Morgan fingerprint density at radius 3 is 2.47 bits per heavy atom. The van der Waals surface area contributed by atoms with E-state index in [0.29, 0.717) is 19.4 Å². The average molecular weight is 223 g/mol. The molecule has 5 heteroatoms. The van der Waals surface area contributed by atoms with Crippen LogP contribution in [0.15, 0.2) is 0 Å². The summed E-state index contributed by atoms with van der Waals surface area (Å²) in [6.45, 7) is 0.425. The molecule has 2 atom stereocenters. The zero-order chi connectivity index (χ0) is 11.1. The van der Waals surface area contributed by atoms with Crippen LogP contribution in [-0.2, 0) is 4.74 Å². The Morgan fingerprint density at radius 1 is 1.33 bits per heavy atom. The molecule has 1 saturated heterocycles. The standard InChI is InChI=1S/C10H16F3NO/c11-10(12,13)8(14)7-2-5-15-9(6-7)3-1-4-9/h7-8H,1-6,14H2. The number of ether oxygens (including phenoxy) is 1. The van der Waals surface area contributed by atoms with Crippen LogP contribution in [0.4, 0.5) is 13.2 Å². The molecular weight excluding hydrogens is 207 g/mol. The van der Waals surface area contributed by atoms with Gasteiger partial charge >= 0.3 is 6.18 Å². The van der Waals surface area contributed by atoms with Crippen molar-refractivity contribution >= 4 is 0 Å². The minimum atomic E-state index is -4.27. The molecule has 0 bridgehead atoms. The van der Waals surface area contributed by atoms with E-state index in [1.807, 2.05) is 0 Å². The molecule has 0 aromatic heterocycles. The third-order valence-corrected chi connectivity index (χ3v) is 3.68. The monoisotopic (exact) mass is 223 g/mol. The fraction of sp³-hybridized carbons (Fsp3) is 1.00. The van der Waals surface area contributed by atoms with E-state index in [9.17, 15) is 13.2 Å². The fourth-order valence-corrected chi connectivity index (χ4v) is 2.56. The minimum absolute atomic E-state index is 0.258. The van der Waals surface area contributed by atoms with Crippen molar-refractivity contribution in [2.24, 2.45) is 11.7 Å². The molecule has 1 aliphatic heterocycles. The van der Waals surface area contributed by atoms with Gasteiger partial charge in [-0.2, -0.15) is 13.2 Å². The molecule has 88 valence electrons. The molecular formula is C10H16F3NO. The second-order valence-corrected chi connectivity index (χ2v) is 4.71. The minimum Gasteiger partial charge on any atom is -0.375 e. The average Bonchev–Trinajstić information content (AvgIpc) is 2.13. The number of hydrogen-bond acceptors (Lipinski definition) is 2. The third-order valence-electron chi connectivity index (χ3n) is 3.68. The van der Waals surface area contributed by atoms with Crippen molar-refractivity contribution < 1.29 is 17.9 Å². The van der Waals surface area contributed by atoms with Crippen LogP contribution in [0.3, 0.4) is 0 Å². The van der Waals surface area contributed by atoms with Gasteiger partial charge in [0.15, 0.2) is 0 Å². The number of rotatable bonds is 1. The normalized spacial score (nSPS) is 32.4. The number of alkyl halides is 3. The molecule has 1 spiro atoms. The molecule has 2 nitrogen and oxygen atoms in total. The van der Waals surface area contributed by atoms with Gasteiger partial charge in [-0.25, -0.2) is 0 Å². The summed E-state index contributed by atoms with van der Waals surface area (Å²) in [6.07, 6.45) is -0.501. The van der Waals surface area contributed by atoms with Crippen molar-refractivity contribution in [3.05, 3.63) is 0 Å². The van der Waals surface area contributed by atoms with E-state index in [0.717, 1.165) is 19.3 Å². The van der Waals surface area contributed by atoms with Crippen LogP contribution in [0.25, 0.3) is 0 Å². The number of hydrogen-bond donors (Lipinski definition) is 1. The highest BCUT2D eigenvalue weighted by atomic mass is 19.4. The Kier molecular flexibility index (Phi) is 2.71. The first-order chi connectivity index (χ1) is 6.93. The Labute approximate surface area is 87.0 Å². The Hall–Kier alpha value is -0.290. The van der Waals surface area contributed by atoms with Crippen LogP contribution in [-0.4, -0.2) is 24.4 Å². The maximum Gasteiger partial charge on any atom is 0.403 e. The van der Waals surface area contributed by atoms with Gasteiger partial charge in [-0.3, -0.25) is 0 Å². The molecule has 1 aliphatic carbocycles. The van der Waals surface area contributed by atoms with E-state index in [-0.39, 0.29) is 5.60 Å². The van der Waals surface area contributed by atoms with E-state index in [1.54, 1.807) is 0 Å².